The number of rotatable bonds is 3. The Hall–Kier alpha value is -4.39. The number of ether oxygens (including phenoxy) is 1. The van der Waals surface area contributed by atoms with E-state index < -0.39 is 29.7 Å². The molecule has 0 bridgehead atoms. The molecule has 180 valence electrons. The van der Waals surface area contributed by atoms with Crippen LogP contribution in [0.4, 0.5) is 29.3 Å². The minimum atomic E-state index is -5.32. The molecule has 0 fully saturated rings. The number of alkyl halides is 3. The summed E-state index contributed by atoms with van der Waals surface area (Å²) in [5.41, 5.74) is 0.353. The first kappa shape index (κ1) is 25.2. The van der Waals surface area contributed by atoms with Crippen LogP contribution in [0.25, 0.3) is 10.8 Å². The maximum atomic E-state index is 12.7. The van der Waals surface area contributed by atoms with E-state index in [2.05, 4.69) is 16.1 Å². The van der Waals surface area contributed by atoms with Crippen molar-refractivity contribution in [1.29, 1.82) is 5.26 Å². The normalized spacial score (nSPS) is 11.5. The number of amides is 2. The van der Waals surface area contributed by atoms with Gasteiger partial charge in [0.15, 0.2) is 0 Å². The fourth-order valence-electron chi connectivity index (χ4n) is 3.31. The van der Waals surface area contributed by atoms with E-state index >= 15 is 0 Å². The number of anilines is 2. The summed E-state index contributed by atoms with van der Waals surface area (Å²) in [4.78, 5) is 37.0. The van der Waals surface area contributed by atoms with Gasteiger partial charge in [0.25, 0.3) is 5.91 Å². The molecule has 0 aromatic heterocycles. The van der Waals surface area contributed by atoms with E-state index in [1.54, 1.807) is 57.2 Å². The van der Waals surface area contributed by atoms with Crippen molar-refractivity contribution in [1.82, 2.24) is 0 Å². The molecule has 35 heavy (non-hydrogen) atoms. The highest BCUT2D eigenvalue weighted by molar-refractivity contribution is 6.06. The Bertz CT molecular complexity index is 1340. The molecule has 3 aromatic carbocycles. The summed E-state index contributed by atoms with van der Waals surface area (Å²) in [6.45, 7) is 4.64. The van der Waals surface area contributed by atoms with Gasteiger partial charge < -0.3 is 10.1 Å². The van der Waals surface area contributed by atoms with E-state index in [1.807, 2.05) is 0 Å². The molecule has 0 atom stereocenters. The van der Waals surface area contributed by atoms with E-state index in [-0.39, 0.29) is 11.3 Å². The topological polar surface area (TPSA) is 99.5 Å². The van der Waals surface area contributed by atoms with Gasteiger partial charge in [0, 0.05) is 22.5 Å². The van der Waals surface area contributed by atoms with E-state index in [4.69, 9.17) is 5.26 Å². The number of fused-ring (bicyclic) bond motifs is 1. The quantitative estimate of drug-likeness (QED) is 0.375. The van der Waals surface area contributed by atoms with E-state index in [0.29, 0.717) is 11.3 Å². The zero-order valence-electron chi connectivity index (χ0n) is 18.9. The van der Waals surface area contributed by atoms with Gasteiger partial charge in [-0.15, -0.1) is 0 Å². The average molecular weight is 483 g/mol. The van der Waals surface area contributed by atoms with Crippen molar-refractivity contribution in [3.63, 3.8) is 0 Å². The molecule has 0 unspecified atom stereocenters. The third-order valence-corrected chi connectivity index (χ3v) is 4.88. The second-order valence-electron chi connectivity index (χ2n) is 8.55. The summed E-state index contributed by atoms with van der Waals surface area (Å²) in [6, 6.07) is 17.9. The molecule has 0 aliphatic carbocycles. The second kappa shape index (κ2) is 9.46. The lowest BCUT2D eigenvalue weighted by molar-refractivity contribution is -0.192. The van der Waals surface area contributed by atoms with E-state index in [0.717, 1.165) is 15.7 Å². The lowest BCUT2D eigenvalue weighted by Gasteiger charge is -2.34. The van der Waals surface area contributed by atoms with Crippen LogP contribution in [0.2, 0.25) is 0 Å². The van der Waals surface area contributed by atoms with Gasteiger partial charge in [0.1, 0.15) is 0 Å². The molecule has 0 saturated carbocycles. The van der Waals surface area contributed by atoms with Crippen molar-refractivity contribution < 1.29 is 32.3 Å². The number of benzene rings is 3. The van der Waals surface area contributed by atoms with Crippen molar-refractivity contribution in [2.24, 2.45) is 0 Å². The van der Waals surface area contributed by atoms with Crippen LogP contribution in [-0.4, -0.2) is 29.7 Å². The van der Waals surface area contributed by atoms with Crippen LogP contribution in [0.15, 0.2) is 60.7 Å². The number of halogens is 3. The molecule has 0 saturated heterocycles. The number of nitrogens with zero attached hydrogens (tertiary/aromatic N) is 2. The van der Waals surface area contributed by atoms with Crippen LogP contribution in [0.1, 0.15) is 36.7 Å². The zero-order chi connectivity index (χ0) is 26.0. The summed E-state index contributed by atoms with van der Waals surface area (Å²) in [5.74, 6) is -3.08. The van der Waals surface area contributed by atoms with Crippen molar-refractivity contribution >= 4 is 40.1 Å². The highest BCUT2D eigenvalue weighted by atomic mass is 19.4. The van der Waals surface area contributed by atoms with Crippen LogP contribution < -0.4 is 10.2 Å². The number of esters is 1. The molecule has 0 radical (unpaired) electrons. The number of nitriles is 1. The Kier molecular flexibility index (Phi) is 6.82. The molecule has 3 aromatic rings. The van der Waals surface area contributed by atoms with Gasteiger partial charge in [0.2, 0.25) is 0 Å². The van der Waals surface area contributed by atoms with Crippen molar-refractivity contribution in [2.45, 2.75) is 32.5 Å². The first-order chi connectivity index (χ1) is 16.3. The lowest BCUT2D eigenvalue weighted by atomic mass is 10.0. The monoisotopic (exact) mass is 483 g/mol. The second-order valence-corrected chi connectivity index (χ2v) is 8.55. The smallest absolute Gasteiger partial charge is 0.369 e. The number of hydrogen-bond acceptors (Lipinski definition) is 5. The van der Waals surface area contributed by atoms with Crippen LogP contribution in [0.3, 0.4) is 0 Å². The third-order valence-electron chi connectivity index (χ3n) is 4.88. The van der Waals surface area contributed by atoms with Gasteiger partial charge in [-0.3, -0.25) is 9.69 Å². The fourth-order valence-corrected chi connectivity index (χ4v) is 3.31. The molecule has 2 amide bonds. The Labute approximate surface area is 198 Å². The van der Waals surface area contributed by atoms with Crippen LogP contribution in [0.5, 0.6) is 0 Å². The maximum Gasteiger partial charge on any atom is 0.491 e. The minimum absolute atomic E-state index is 0.132. The highest BCUT2D eigenvalue weighted by Gasteiger charge is 2.44. The molecule has 7 nitrogen and oxygen atoms in total. The van der Waals surface area contributed by atoms with Crippen LogP contribution >= 0.6 is 0 Å². The molecule has 1 N–H and O–H groups in total. The Morgan fingerprint density at radius 1 is 0.914 bits per heavy atom. The maximum absolute atomic E-state index is 12.7. The van der Waals surface area contributed by atoms with Gasteiger partial charge in [-0.2, -0.15) is 18.4 Å². The summed E-state index contributed by atoms with van der Waals surface area (Å²) in [5, 5.41) is 13.4. The predicted molar refractivity (Wildman–Crippen MR) is 123 cm³/mol. The van der Waals surface area contributed by atoms with Gasteiger partial charge in [-0.1, -0.05) is 12.1 Å². The van der Waals surface area contributed by atoms with Crippen LogP contribution in [-0.2, 0) is 9.53 Å². The first-order valence-corrected chi connectivity index (χ1v) is 10.3. The minimum Gasteiger partial charge on any atom is -0.369 e. The largest absolute Gasteiger partial charge is 0.491 e. The van der Waals surface area contributed by atoms with Gasteiger partial charge >= 0.3 is 18.2 Å². The van der Waals surface area contributed by atoms with Crippen molar-refractivity contribution in [3.8, 4) is 6.07 Å². The number of nitrogens with one attached hydrogen (secondary N) is 1. The van der Waals surface area contributed by atoms with E-state index in [9.17, 15) is 27.6 Å². The van der Waals surface area contributed by atoms with Crippen molar-refractivity contribution in [3.05, 3.63) is 71.8 Å². The lowest BCUT2D eigenvalue weighted by Crippen LogP contribution is -2.48. The van der Waals surface area contributed by atoms with E-state index in [1.165, 1.54) is 24.3 Å². The van der Waals surface area contributed by atoms with Gasteiger partial charge in [0.05, 0.1) is 11.6 Å². The fraction of sp³-hybridized carbons (Fsp3) is 0.200. The van der Waals surface area contributed by atoms with Crippen LogP contribution in [0, 0.1) is 11.3 Å². The zero-order valence-corrected chi connectivity index (χ0v) is 18.9. The molecular formula is C25H20F3N3O4. The first-order valence-electron chi connectivity index (χ1n) is 10.3. The third kappa shape index (κ3) is 5.95. The number of carbonyl (C=O) groups is 3. The Morgan fingerprint density at radius 3 is 2.09 bits per heavy atom. The average Bonchev–Trinajstić information content (AvgIpc) is 2.77. The molecule has 10 heteroatoms. The highest BCUT2D eigenvalue weighted by Crippen LogP contribution is 2.27. The Morgan fingerprint density at radius 2 is 1.51 bits per heavy atom. The number of hydrogen-bond donors (Lipinski definition) is 1. The SMILES string of the molecule is CC(C)(C)N(C(=O)OC(=O)C(F)(F)F)c1ccc(C(=O)Nc2ccc3cc(C#N)ccc3c2)cc1. The summed E-state index contributed by atoms with van der Waals surface area (Å²) in [6.07, 6.45) is -6.81. The van der Waals surface area contributed by atoms with Gasteiger partial charge in [-0.05, 0) is 80.1 Å². The Balaban J connectivity index is 1.79. The molecule has 0 aliphatic heterocycles. The van der Waals surface area contributed by atoms with Gasteiger partial charge in [-0.25, -0.2) is 9.59 Å². The number of carbonyl (C=O) groups excluding carboxylic acids is 3. The molecule has 0 spiro atoms. The predicted octanol–water partition coefficient (Wildman–Crippen LogP) is 5.79. The van der Waals surface area contributed by atoms with Crippen molar-refractivity contribution in [2.75, 3.05) is 10.2 Å². The standard InChI is InChI=1S/C25H20F3N3O4/c1-24(2,3)31(23(34)35-22(33)25(26,27)28)20-10-7-16(8-11-20)21(32)30-19-9-6-17-12-15(14-29)4-5-18(17)13-19/h4-13H,1-3H3,(H,30,32). The molecule has 3 rings (SSSR count). The molecule has 0 aliphatic rings. The summed E-state index contributed by atoms with van der Waals surface area (Å²) >= 11 is 0. The molecule has 0 heterocycles. The molecular weight excluding hydrogens is 463 g/mol. The summed E-state index contributed by atoms with van der Waals surface area (Å²) in [7, 11) is 0. The summed E-state index contributed by atoms with van der Waals surface area (Å²) < 4.78 is 41.5.